The summed E-state index contributed by atoms with van der Waals surface area (Å²) in [7, 11) is 0. The molecule has 0 saturated carbocycles. The van der Waals surface area contributed by atoms with Crippen molar-refractivity contribution < 1.29 is 4.79 Å². The molecule has 3 aromatic carbocycles. The van der Waals surface area contributed by atoms with Crippen LogP contribution in [-0.4, -0.2) is 5.78 Å². The van der Waals surface area contributed by atoms with E-state index in [9.17, 15) is 4.79 Å². The number of rotatable bonds is 6. The molecule has 3 rings (SSSR count). The maximum absolute atomic E-state index is 12.6. The number of ketones is 1. The quantitative estimate of drug-likeness (QED) is 0.442. The lowest BCUT2D eigenvalue weighted by Gasteiger charge is -2.07. The Kier molecular flexibility index (Phi) is 5.36. The standard InChI is InChI=1S/C23H20O/c24-23(18-16-20-11-5-2-6-12-20)22-14-8-7-13-21(22)17-15-19-9-3-1-4-10-19/h1-14,16,18H,15,17H2. The van der Waals surface area contributed by atoms with Gasteiger partial charge < -0.3 is 0 Å². The molecule has 0 amide bonds. The molecule has 0 bridgehead atoms. The summed E-state index contributed by atoms with van der Waals surface area (Å²) in [5.74, 6) is 0.0579. The maximum Gasteiger partial charge on any atom is 0.186 e. The Balaban J connectivity index is 1.73. The third kappa shape index (κ3) is 4.30. The Morgan fingerprint density at radius 2 is 1.33 bits per heavy atom. The minimum Gasteiger partial charge on any atom is -0.289 e. The fourth-order valence-corrected chi connectivity index (χ4v) is 2.73. The van der Waals surface area contributed by atoms with Crippen molar-refractivity contribution in [1.82, 2.24) is 0 Å². The van der Waals surface area contributed by atoms with Gasteiger partial charge in [-0.3, -0.25) is 4.79 Å². The molecule has 0 atom stereocenters. The largest absolute Gasteiger partial charge is 0.289 e. The average molecular weight is 312 g/mol. The Bertz CT molecular complexity index is 817. The Morgan fingerprint density at radius 1 is 0.708 bits per heavy atom. The van der Waals surface area contributed by atoms with Crippen molar-refractivity contribution in [2.45, 2.75) is 12.8 Å². The van der Waals surface area contributed by atoms with Crippen LogP contribution in [0, 0.1) is 0 Å². The van der Waals surface area contributed by atoms with E-state index in [0.717, 1.165) is 29.5 Å². The van der Waals surface area contributed by atoms with Crippen molar-refractivity contribution in [3.8, 4) is 0 Å². The highest BCUT2D eigenvalue weighted by Gasteiger charge is 2.08. The van der Waals surface area contributed by atoms with Gasteiger partial charge in [0.15, 0.2) is 5.78 Å². The number of carbonyl (C=O) groups excluding carboxylic acids is 1. The van der Waals surface area contributed by atoms with E-state index in [1.807, 2.05) is 66.7 Å². The van der Waals surface area contributed by atoms with Crippen molar-refractivity contribution in [1.29, 1.82) is 0 Å². The topological polar surface area (TPSA) is 17.1 Å². The molecule has 0 radical (unpaired) electrons. The van der Waals surface area contributed by atoms with E-state index >= 15 is 0 Å². The third-order valence-corrected chi connectivity index (χ3v) is 4.04. The molecular formula is C23H20O. The van der Waals surface area contributed by atoms with Crippen LogP contribution in [0.4, 0.5) is 0 Å². The number of benzene rings is 3. The van der Waals surface area contributed by atoms with Crippen LogP contribution in [-0.2, 0) is 12.8 Å². The number of allylic oxidation sites excluding steroid dienone is 1. The first kappa shape index (κ1) is 15.9. The lowest BCUT2D eigenvalue weighted by atomic mass is 9.97. The Labute approximate surface area is 143 Å². The zero-order chi connectivity index (χ0) is 16.6. The molecule has 0 unspecified atom stereocenters. The summed E-state index contributed by atoms with van der Waals surface area (Å²) in [6, 6.07) is 28.2. The fraction of sp³-hybridized carbons (Fsp3) is 0.0870. The first-order valence-corrected chi connectivity index (χ1v) is 8.22. The molecule has 0 aliphatic carbocycles. The first-order valence-electron chi connectivity index (χ1n) is 8.22. The Morgan fingerprint density at radius 3 is 2.08 bits per heavy atom. The highest BCUT2D eigenvalue weighted by Crippen LogP contribution is 2.15. The summed E-state index contributed by atoms with van der Waals surface area (Å²) < 4.78 is 0. The summed E-state index contributed by atoms with van der Waals surface area (Å²) in [6.07, 6.45) is 5.34. The second-order valence-electron chi connectivity index (χ2n) is 5.75. The van der Waals surface area contributed by atoms with Crippen LogP contribution in [0.5, 0.6) is 0 Å². The zero-order valence-corrected chi connectivity index (χ0v) is 13.6. The van der Waals surface area contributed by atoms with E-state index in [0.29, 0.717) is 0 Å². The van der Waals surface area contributed by atoms with E-state index in [2.05, 4.69) is 24.3 Å². The van der Waals surface area contributed by atoms with Gasteiger partial charge in [0.25, 0.3) is 0 Å². The smallest absolute Gasteiger partial charge is 0.186 e. The highest BCUT2D eigenvalue weighted by molar-refractivity contribution is 6.07. The SMILES string of the molecule is O=C(C=Cc1ccccc1)c1ccccc1CCc1ccccc1. The second-order valence-corrected chi connectivity index (χ2v) is 5.75. The van der Waals surface area contributed by atoms with Gasteiger partial charge in [-0.1, -0.05) is 91.0 Å². The minimum atomic E-state index is 0.0579. The number of hydrogen-bond acceptors (Lipinski definition) is 1. The lowest BCUT2D eigenvalue weighted by Crippen LogP contribution is -2.02. The van der Waals surface area contributed by atoms with Crippen LogP contribution in [0.3, 0.4) is 0 Å². The van der Waals surface area contributed by atoms with Gasteiger partial charge in [-0.25, -0.2) is 0 Å². The fourth-order valence-electron chi connectivity index (χ4n) is 2.73. The minimum absolute atomic E-state index is 0.0579. The van der Waals surface area contributed by atoms with Crippen molar-refractivity contribution >= 4 is 11.9 Å². The van der Waals surface area contributed by atoms with Crippen LogP contribution >= 0.6 is 0 Å². The highest BCUT2D eigenvalue weighted by atomic mass is 16.1. The molecule has 118 valence electrons. The van der Waals surface area contributed by atoms with E-state index in [1.54, 1.807) is 6.08 Å². The first-order chi connectivity index (χ1) is 11.8. The van der Waals surface area contributed by atoms with Crippen molar-refractivity contribution in [2.75, 3.05) is 0 Å². The molecule has 0 heterocycles. The van der Waals surface area contributed by atoms with E-state index < -0.39 is 0 Å². The molecule has 1 nitrogen and oxygen atoms in total. The van der Waals surface area contributed by atoms with Crippen LogP contribution in [0.1, 0.15) is 27.0 Å². The summed E-state index contributed by atoms with van der Waals surface area (Å²) in [6.45, 7) is 0. The van der Waals surface area contributed by atoms with Crippen LogP contribution in [0.2, 0.25) is 0 Å². The molecule has 1 heteroatoms. The zero-order valence-electron chi connectivity index (χ0n) is 13.6. The van der Waals surface area contributed by atoms with E-state index in [4.69, 9.17) is 0 Å². The summed E-state index contributed by atoms with van der Waals surface area (Å²) in [4.78, 5) is 12.6. The monoisotopic (exact) mass is 312 g/mol. The number of carbonyl (C=O) groups is 1. The van der Waals surface area contributed by atoms with Gasteiger partial charge in [0.05, 0.1) is 0 Å². The molecule has 0 aliphatic rings. The van der Waals surface area contributed by atoms with Crippen LogP contribution in [0.25, 0.3) is 6.08 Å². The third-order valence-electron chi connectivity index (χ3n) is 4.04. The summed E-state index contributed by atoms with van der Waals surface area (Å²) >= 11 is 0. The van der Waals surface area contributed by atoms with Crippen LogP contribution < -0.4 is 0 Å². The molecule has 0 N–H and O–H groups in total. The molecule has 0 spiro atoms. The second kappa shape index (κ2) is 8.07. The summed E-state index contributed by atoms with van der Waals surface area (Å²) in [5, 5.41) is 0. The van der Waals surface area contributed by atoms with Gasteiger partial charge in [-0.2, -0.15) is 0 Å². The van der Waals surface area contributed by atoms with E-state index in [-0.39, 0.29) is 5.78 Å². The Hall–Kier alpha value is -2.93. The van der Waals surface area contributed by atoms with Gasteiger partial charge >= 0.3 is 0 Å². The molecule has 0 saturated heterocycles. The molecule has 0 aliphatic heterocycles. The molecule has 0 fully saturated rings. The predicted molar refractivity (Wildman–Crippen MR) is 100 cm³/mol. The van der Waals surface area contributed by atoms with Gasteiger partial charge in [0.2, 0.25) is 0 Å². The molecule has 0 aromatic heterocycles. The van der Waals surface area contributed by atoms with Crippen molar-refractivity contribution in [3.05, 3.63) is 113 Å². The molecule has 24 heavy (non-hydrogen) atoms. The van der Waals surface area contributed by atoms with E-state index in [1.165, 1.54) is 5.56 Å². The predicted octanol–water partition coefficient (Wildman–Crippen LogP) is 5.37. The molecule has 3 aromatic rings. The normalized spacial score (nSPS) is 10.8. The van der Waals surface area contributed by atoms with Crippen molar-refractivity contribution in [2.24, 2.45) is 0 Å². The van der Waals surface area contributed by atoms with Gasteiger partial charge in [-0.05, 0) is 35.6 Å². The summed E-state index contributed by atoms with van der Waals surface area (Å²) in [5.41, 5.74) is 4.22. The van der Waals surface area contributed by atoms with Crippen LogP contribution in [0.15, 0.2) is 91.0 Å². The lowest BCUT2D eigenvalue weighted by molar-refractivity contribution is 0.104. The van der Waals surface area contributed by atoms with Gasteiger partial charge in [0.1, 0.15) is 0 Å². The molecular weight excluding hydrogens is 292 g/mol. The van der Waals surface area contributed by atoms with Crippen molar-refractivity contribution in [3.63, 3.8) is 0 Å². The number of aryl methyl sites for hydroxylation is 2. The average Bonchev–Trinajstić information content (AvgIpc) is 2.66. The number of hydrogen-bond donors (Lipinski definition) is 0. The maximum atomic E-state index is 12.6. The van der Waals surface area contributed by atoms with Gasteiger partial charge in [0, 0.05) is 5.56 Å². The van der Waals surface area contributed by atoms with Gasteiger partial charge in [-0.15, -0.1) is 0 Å².